The van der Waals surface area contributed by atoms with E-state index >= 15 is 0 Å². The number of piperidine rings is 1. The molecule has 3 heterocycles. The highest BCUT2D eigenvalue weighted by Crippen LogP contribution is 2.57. The summed E-state index contributed by atoms with van der Waals surface area (Å²) in [5.41, 5.74) is 2.35. The first-order valence-electron chi connectivity index (χ1n) is 11.9. The summed E-state index contributed by atoms with van der Waals surface area (Å²) >= 11 is 0. The van der Waals surface area contributed by atoms with Gasteiger partial charge in [-0.15, -0.1) is 5.10 Å². The lowest BCUT2D eigenvalue weighted by Gasteiger charge is -2.59. The van der Waals surface area contributed by atoms with Gasteiger partial charge in [0.2, 0.25) is 11.8 Å². The van der Waals surface area contributed by atoms with Crippen molar-refractivity contribution in [1.82, 2.24) is 30.5 Å². The molecule has 2 N–H and O–H groups in total. The number of hydrogen-bond donors (Lipinski definition) is 2. The van der Waals surface area contributed by atoms with Gasteiger partial charge in [-0.05, 0) is 49.4 Å². The number of hydrogen-bond acceptors (Lipinski definition) is 7. The molecule has 11 nitrogen and oxygen atoms in total. The highest BCUT2D eigenvalue weighted by atomic mass is 16.5. The van der Waals surface area contributed by atoms with Gasteiger partial charge in [-0.25, -0.2) is 4.68 Å². The van der Waals surface area contributed by atoms with E-state index in [0.717, 1.165) is 24.8 Å². The topological polar surface area (TPSA) is 136 Å². The fraction of sp³-hybridized carbons (Fsp3) is 0.500. The van der Waals surface area contributed by atoms with Crippen LogP contribution < -0.4 is 10.6 Å². The van der Waals surface area contributed by atoms with Gasteiger partial charge < -0.3 is 15.0 Å². The number of fused-ring (bicyclic) bond motifs is 1. The Kier molecular flexibility index (Phi) is 4.99. The molecule has 1 aromatic heterocycles. The van der Waals surface area contributed by atoms with Gasteiger partial charge in [0.15, 0.2) is 5.69 Å². The lowest BCUT2D eigenvalue weighted by molar-refractivity contribution is -0.156. The van der Waals surface area contributed by atoms with Crippen molar-refractivity contribution in [3.05, 3.63) is 41.2 Å². The minimum Gasteiger partial charge on any atom is -0.379 e. The van der Waals surface area contributed by atoms with Gasteiger partial charge in [0.05, 0.1) is 24.0 Å². The van der Waals surface area contributed by atoms with Gasteiger partial charge in [0.25, 0.3) is 11.8 Å². The Balaban J connectivity index is 1.15. The van der Waals surface area contributed by atoms with Gasteiger partial charge in [-0.1, -0.05) is 11.6 Å². The van der Waals surface area contributed by atoms with Crippen LogP contribution in [-0.2, 0) is 20.9 Å². The maximum atomic E-state index is 12.9. The van der Waals surface area contributed by atoms with E-state index in [4.69, 9.17) is 4.74 Å². The summed E-state index contributed by atoms with van der Waals surface area (Å²) in [6, 6.07) is 4.54. The van der Waals surface area contributed by atoms with Crippen molar-refractivity contribution in [2.75, 3.05) is 7.11 Å². The summed E-state index contributed by atoms with van der Waals surface area (Å²) in [6.07, 6.45) is 6.55. The highest BCUT2D eigenvalue weighted by Gasteiger charge is 2.57. The molecule has 4 aliphatic rings. The van der Waals surface area contributed by atoms with Crippen molar-refractivity contribution >= 4 is 23.6 Å². The number of methoxy groups -OCH3 is 1. The first-order valence-corrected chi connectivity index (χ1v) is 11.9. The van der Waals surface area contributed by atoms with Gasteiger partial charge in [-0.2, -0.15) is 0 Å². The second-order valence-corrected chi connectivity index (χ2v) is 9.95. The average Bonchev–Trinajstić information content (AvgIpc) is 3.40. The molecule has 11 heteroatoms. The van der Waals surface area contributed by atoms with Crippen LogP contribution in [0.25, 0.3) is 5.69 Å². The third-order valence-corrected chi connectivity index (χ3v) is 8.01. The molecular weight excluding hydrogens is 452 g/mol. The smallest absolute Gasteiger partial charge is 0.273 e. The highest BCUT2D eigenvalue weighted by molar-refractivity contribution is 6.05. The second-order valence-electron chi connectivity index (χ2n) is 9.95. The number of carbonyl (C=O) groups is 4. The molecule has 2 saturated carbocycles. The zero-order valence-electron chi connectivity index (χ0n) is 19.3. The molecule has 182 valence electrons. The average molecular weight is 479 g/mol. The van der Waals surface area contributed by atoms with E-state index in [1.54, 1.807) is 25.4 Å². The van der Waals surface area contributed by atoms with Gasteiger partial charge in [-0.3, -0.25) is 24.5 Å². The van der Waals surface area contributed by atoms with Crippen LogP contribution in [0.2, 0.25) is 0 Å². The molecule has 3 atom stereocenters. The number of nitrogens with one attached hydrogen (secondary N) is 2. The van der Waals surface area contributed by atoms with E-state index in [-0.39, 0.29) is 53.9 Å². The summed E-state index contributed by atoms with van der Waals surface area (Å²) in [6.45, 7) is 0.262. The third-order valence-electron chi connectivity index (χ3n) is 8.01. The van der Waals surface area contributed by atoms with E-state index in [2.05, 4.69) is 20.9 Å². The van der Waals surface area contributed by atoms with Crippen molar-refractivity contribution in [2.45, 2.75) is 63.3 Å². The Bertz CT molecular complexity index is 1250. The summed E-state index contributed by atoms with van der Waals surface area (Å²) in [5, 5.41) is 13.5. The Hall–Kier alpha value is -3.60. The van der Waals surface area contributed by atoms with Crippen LogP contribution in [0.15, 0.2) is 24.4 Å². The predicted octanol–water partition coefficient (Wildman–Crippen LogP) is 0.716. The number of ether oxygens (including phenoxy) is 1. The summed E-state index contributed by atoms with van der Waals surface area (Å²) in [4.78, 5) is 50.9. The Labute approximate surface area is 201 Å². The van der Waals surface area contributed by atoms with Crippen molar-refractivity contribution in [1.29, 1.82) is 0 Å². The quantitative estimate of drug-likeness (QED) is 0.605. The fourth-order valence-electron chi connectivity index (χ4n) is 6.03. The minimum atomic E-state index is -0.667. The lowest BCUT2D eigenvalue weighted by Crippen LogP contribution is -2.66. The van der Waals surface area contributed by atoms with E-state index in [0.29, 0.717) is 17.7 Å². The minimum absolute atomic E-state index is 0.0257. The Morgan fingerprint density at radius 1 is 1.26 bits per heavy atom. The molecule has 1 aromatic carbocycles. The van der Waals surface area contributed by atoms with Crippen molar-refractivity contribution in [3.8, 4) is 5.69 Å². The SMILES string of the molecule is COC1C(NC(=O)c2cn(-c3ccc4c(c3)CN(C3CCC(=O)NC3=O)C4=O)nn2)CC12CCC2. The molecule has 6 rings (SSSR count). The number of imide groups is 1. The molecule has 2 aliphatic carbocycles. The molecule has 1 spiro atoms. The lowest BCUT2D eigenvalue weighted by atomic mass is 9.52. The number of rotatable bonds is 5. The first-order chi connectivity index (χ1) is 16.9. The van der Waals surface area contributed by atoms with E-state index in [1.165, 1.54) is 16.0 Å². The van der Waals surface area contributed by atoms with Gasteiger partial charge in [0.1, 0.15) is 6.04 Å². The molecule has 3 unspecified atom stereocenters. The molecule has 0 bridgehead atoms. The molecule has 0 radical (unpaired) electrons. The zero-order chi connectivity index (χ0) is 24.3. The summed E-state index contributed by atoms with van der Waals surface area (Å²) < 4.78 is 7.15. The number of carbonyl (C=O) groups excluding carboxylic acids is 4. The number of nitrogens with zero attached hydrogens (tertiary/aromatic N) is 4. The molecule has 2 aliphatic heterocycles. The normalized spacial score (nSPS) is 26.7. The van der Waals surface area contributed by atoms with Gasteiger partial charge in [0, 0.05) is 31.1 Å². The van der Waals surface area contributed by atoms with Crippen LogP contribution in [0.5, 0.6) is 0 Å². The predicted molar refractivity (Wildman–Crippen MR) is 120 cm³/mol. The molecule has 2 aromatic rings. The molecular formula is C24H26N6O5. The van der Waals surface area contributed by atoms with Crippen molar-refractivity contribution in [3.63, 3.8) is 0 Å². The van der Waals surface area contributed by atoms with Crippen LogP contribution in [0.4, 0.5) is 0 Å². The first kappa shape index (κ1) is 21.9. The van der Waals surface area contributed by atoms with Crippen LogP contribution in [-0.4, -0.2) is 68.8 Å². The number of benzene rings is 1. The standard InChI is InChI=1S/C24H26N6O5/c1-35-20-16(10-24(20)7-2-8-24)25-21(32)17-12-30(28-27-17)14-3-4-15-13(9-14)11-29(23(15)34)18-5-6-19(31)26-22(18)33/h3-4,9,12,16,18,20H,2,5-8,10-11H2,1H3,(H,25,32)(H,26,31,33). The summed E-state index contributed by atoms with van der Waals surface area (Å²) in [5.74, 6) is -1.30. The van der Waals surface area contributed by atoms with Gasteiger partial charge >= 0.3 is 0 Å². The summed E-state index contributed by atoms with van der Waals surface area (Å²) in [7, 11) is 1.69. The number of amides is 4. The largest absolute Gasteiger partial charge is 0.379 e. The van der Waals surface area contributed by atoms with E-state index < -0.39 is 11.9 Å². The maximum absolute atomic E-state index is 12.9. The molecule has 4 amide bonds. The van der Waals surface area contributed by atoms with Crippen LogP contribution in [0, 0.1) is 5.41 Å². The van der Waals surface area contributed by atoms with Crippen LogP contribution in [0.3, 0.4) is 0 Å². The van der Waals surface area contributed by atoms with E-state index in [1.807, 2.05) is 6.07 Å². The van der Waals surface area contributed by atoms with Crippen LogP contribution in [0.1, 0.15) is 64.9 Å². The fourth-order valence-corrected chi connectivity index (χ4v) is 6.03. The maximum Gasteiger partial charge on any atom is 0.273 e. The van der Waals surface area contributed by atoms with Crippen molar-refractivity contribution in [2.24, 2.45) is 5.41 Å². The van der Waals surface area contributed by atoms with E-state index in [9.17, 15) is 19.2 Å². The second kappa shape index (κ2) is 7.98. The molecule has 3 fully saturated rings. The monoisotopic (exact) mass is 478 g/mol. The van der Waals surface area contributed by atoms with Crippen LogP contribution >= 0.6 is 0 Å². The zero-order valence-corrected chi connectivity index (χ0v) is 19.3. The Morgan fingerprint density at radius 3 is 2.80 bits per heavy atom. The molecule has 1 saturated heterocycles. The Morgan fingerprint density at radius 2 is 2.09 bits per heavy atom. The number of aromatic nitrogens is 3. The van der Waals surface area contributed by atoms with Crippen molar-refractivity contribution < 1.29 is 23.9 Å². The third kappa shape index (κ3) is 3.44. The molecule has 35 heavy (non-hydrogen) atoms.